The minimum absolute atomic E-state index is 0.0474. The van der Waals surface area contributed by atoms with E-state index in [1.54, 1.807) is 36.2 Å². The molecule has 2 N–H and O–H groups in total. The Hall–Kier alpha value is -2.30. The van der Waals surface area contributed by atoms with Gasteiger partial charge in [-0.05, 0) is 18.2 Å². The van der Waals surface area contributed by atoms with Gasteiger partial charge in [0.25, 0.3) is 0 Å². The van der Waals surface area contributed by atoms with E-state index in [-0.39, 0.29) is 12.2 Å². The molecule has 0 bridgehead atoms. The molecule has 0 aliphatic rings. The van der Waals surface area contributed by atoms with Crippen LogP contribution in [0.1, 0.15) is 16.1 Å². The summed E-state index contributed by atoms with van der Waals surface area (Å²) in [6.45, 7) is 0. The maximum absolute atomic E-state index is 12.1. The fourth-order valence-electron chi connectivity index (χ4n) is 1.74. The van der Waals surface area contributed by atoms with Gasteiger partial charge in [0.1, 0.15) is 5.75 Å². The highest BCUT2D eigenvalue weighted by Gasteiger charge is 2.12. The number of nitrogens with zero attached hydrogens (tertiary/aromatic N) is 2. The van der Waals surface area contributed by atoms with Crippen LogP contribution in [0.5, 0.6) is 5.75 Å². The number of hydrogen-bond donors (Lipinski definition) is 1. The molecule has 5 heteroatoms. The number of nitrogens with two attached hydrogens (primary N) is 1. The minimum atomic E-state index is -0.0474. The van der Waals surface area contributed by atoms with Crippen LogP contribution in [-0.4, -0.2) is 22.7 Å². The average molecular weight is 245 g/mol. The van der Waals surface area contributed by atoms with Crippen LogP contribution in [0.25, 0.3) is 0 Å². The molecule has 0 saturated heterocycles. The summed E-state index contributed by atoms with van der Waals surface area (Å²) in [5, 5.41) is 4.17. The second-order valence-electron chi connectivity index (χ2n) is 4.03. The van der Waals surface area contributed by atoms with Crippen molar-refractivity contribution in [3.63, 3.8) is 0 Å². The zero-order valence-corrected chi connectivity index (χ0v) is 10.4. The summed E-state index contributed by atoms with van der Waals surface area (Å²) in [7, 11) is 3.37. The van der Waals surface area contributed by atoms with Crippen molar-refractivity contribution in [2.45, 2.75) is 6.42 Å². The molecule has 18 heavy (non-hydrogen) atoms. The standard InChI is InChI=1S/C13H15N3O2/c1-16-6-5-9(15-16)7-13(17)11-4-3-10(18-2)8-12(11)14/h3-6,8H,7,14H2,1-2H3. The number of nitrogen functional groups attached to an aromatic ring is 1. The number of methoxy groups -OCH3 is 1. The molecule has 0 atom stereocenters. The van der Waals surface area contributed by atoms with Crippen molar-refractivity contribution in [2.75, 3.05) is 12.8 Å². The van der Waals surface area contributed by atoms with Crippen LogP contribution < -0.4 is 10.5 Å². The minimum Gasteiger partial charge on any atom is -0.497 e. The van der Waals surface area contributed by atoms with E-state index in [0.717, 1.165) is 5.69 Å². The molecule has 0 unspecified atom stereocenters. The number of carbonyl (C=O) groups is 1. The highest BCUT2D eigenvalue weighted by atomic mass is 16.5. The Bertz CT molecular complexity index is 575. The maximum Gasteiger partial charge on any atom is 0.170 e. The van der Waals surface area contributed by atoms with Crippen molar-refractivity contribution in [3.8, 4) is 5.75 Å². The summed E-state index contributed by atoms with van der Waals surface area (Å²) in [6.07, 6.45) is 2.05. The number of rotatable bonds is 4. The molecule has 0 saturated carbocycles. The number of Topliss-reactive ketones (excluding diaryl/α,β-unsaturated/α-hetero) is 1. The van der Waals surface area contributed by atoms with Crippen LogP contribution in [0.2, 0.25) is 0 Å². The van der Waals surface area contributed by atoms with Gasteiger partial charge in [-0.25, -0.2) is 0 Å². The van der Waals surface area contributed by atoms with Crippen molar-refractivity contribution in [2.24, 2.45) is 7.05 Å². The van der Waals surface area contributed by atoms with Gasteiger partial charge in [0.2, 0.25) is 0 Å². The topological polar surface area (TPSA) is 70.1 Å². The van der Waals surface area contributed by atoms with E-state index >= 15 is 0 Å². The summed E-state index contributed by atoms with van der Waals surface area (Å²) < 4.78 is 6.71. The number of anilines is 1. The molecule has 0 fully saturated rings. The number of aryl methyl sites for hydroxylation is 1. The predicted molar refractivity (Wildman–Crippen MR) is 68.6 cm³/mol. The Labute approximate surface area is 105 Å². The Morgan fingerprint density at radius 3 is 2.78 bits per heavy atom. The smallest absolute Gasteiger partial charge is 0.170 e. The van der Waals surface area contributed by atoms with Crippen LogP contribution in [0, 0.1) is 0 Å². The molecule has 2 aromatic rings. The van der Waals surface area contributed by atoms with E-state index in [0.29, 0.717) is 17.0 Å². The van der Waals surface area contributed by atoms with Gasteiger partial charge in [-0.2, -0.15) is 5.10 Å². The molecule has 0 aliphatic carbocycles. The largest absolute Gasteiger partial charge is 0.497 e. The van der Waals surface area contributed by atoms with Gasteiger partial charge in [0.05, 0.1) is 19.2 Å². The van der Waals surface area contributed by atoms with Crippen LogP contribution in [0.4, 0.5) is 5.69 Å². The normalized spacial score (nSPS) is 10.3. The van der Waals surface area contributed by atoms with Gasteiger partial charge in [-0.1, -0.05) is 0 Å². The lowest BCUT2D eigenvalue weighted by Crippen LogP contribution is -2.08. The molecule has 0 aliphatic heterocycles. The SMILES string of the molecule is COc1ccc(C(=O)Cc2ccn(C)n2)c(N)c1. The first-order valence-corrected chi connectivity index (χ1v) is 5.55. The lowest BCUT2D eigenvalue weighted by molar-refractivity contribution is 0.0992. The first-order chi connectivity index (χ1) is 8.60. The number of carbonyl (C=O) groups excluding carboxylic acids is 1. The van der Waals surface area contributed by atoms with Crippen LogP contribution in [-0.2, 0) is 13.5 Å². The first kappa shape index (κ1) is 12.2. The first-order valence-electron chi connectivity index (χ1n) is 5.55. The molecular formula is C13H15N3O2. The summed E-state index contributed by atoms with van der Waals surface area (Å²) in [5.41, 5.74) is 7.49. The van der Waals surface area contributed by atoms with Crippen molar-refractivity contribution in [3.05, 3.63) is 41.7 Å². The molecule has 2 rings (SSSR count). The number of benzene rings is 1. The van der Waals surface area contributed by atoms with Crippen LogP contribution in [0.15, 0.2) is 30.5 Å². The van der Waals surface area contributed by atoms with Crippen molar-refractivity contribution < 1.29 is 9.53 Å². The number of hydrogen-bond acceptors (Lipinski definition) is 4. The zero-order valence-electron chi connectivity index (χ0n) is 10.4. The lowest BCUT2D eigenvalue weighted by Gasteiger charge is -2.06. The third-order valence-electron chi connectivity index (χ3n) is 2.67. The summed E-state index contributed by atoms with van der Waals surface area (Å²) in [4.78, 5) is 12.1. The van der Waals surface area contributed by atoms with Crippen molar-refractivity contribution in [1.82, 2.24) is 9.78 Å². The molecule has 94 valence electrons. The fraction of sp³-hybridized carbons (Fsp3) is 0.231. The van der Waals surface area contributed by atoms with E-state index in [2.05, 4.69) is 5.10 Å². The van der Waals surface area contributed by atoms with Gasteiger partial charge in [-0.15, -0.1) is 0 Å². The molecule has 1 aromatic carbocycles. The van der Waals surface area contributed by atoms with Gasteiger partial charge < -0.3 is 10.5 Å². The van der Waals surface area contributed by atoms with Crippen molar-refractivity contribution >= 4 is 11.5 Å². The van der Waals surface area contributed by atoms with Gasteiger partial charge >= 0.3 is 0 Å². The van der Waals surface area contributed by atoms with E-state index < -0.39 is 0 Å². The Morgan fingerprint density at radius 1 is 1.44 bits per heavy atom. The van der Waals surface area contributed by atoms with Crippen LogP contribution >= 0.6 is 0 Å². The van der Waals surface area contributed by atoms with Crippen molar-refractivity contribution in [1.29, 1.82) is 0 Å². The average Bonchev–Trinajstić information content (AvgIpc) is 2.74. The highest BCUT2D eigenvalue weighted by Crippen LogP contribution is 2.20. The monoisotopic (exact) mass is 245 g/mol. The quantitative estimate of drug-likeness (QED) is 0.653. The van der Waals surface area contributed by atoms with Crippen LogP contribution in [0.3, 0.4) is 0 Å². The summed E-state index contributed by atoms with van der Waals surface area (Å²) in [5.74, 6) is 0.593. The number of ether oxygens (including phenoxy) is 1. The fourth-order valence-corrected chi connectivity index (χ4v) is 1.74. The Morgan fingerprint density at radius 2 is 2.22 bits per heavy atom. The van der Waals surface area contributed by atoms with Gasteiger partial charge in [0.15, 0.2) is 5.78 Å². The third kappa shape index (κ3) is 2.51. The van der Waals surface area contributed by atoms with Gasteiger partial charge in [-0.3, -0.25) is 9.48 Å². The van der Waals surface area contributed by atoms with E-state index in [4.69, 9.17) is 10.5 Å². The maximum atomic E-state index is 12.1. The highest BCUT2D eigenvalue weighted by molar-refractivity contribution is 6.01. The third-order valence-corrected chi connectivity index (χ3v) is 2.67. The summed E-state index contributed by atoms with van der Waals surface area (Å²) in [6, 6.07) is 6.87. The van der Waals surface area contributed by atoms with E-state index in [1.165, 1.54) is 0 Å². The predicted octanol–water partition coefficient (Wildman–Crippen LogP) is 1.44. The zero-order chi connectivity index (χ0) is 13.1. The molecule has 1 aromatic heterocycles. The molecule has 0 radical (unpaired) electrons. The second kappa shape index (κ2) is 4.91. The summed E-state index contributed by atoms with van der Waals surface area (Å²) >= 11 is 0. The molecule has 0 amide bonds. The molecule has 5 nitrogen and oxygen atoms in total. The van der Waals surface area contributed by atoms with E-state index in [9.17, 15) is 4.79 Å². The second-order valence-corrected chi connectivity index (χ2v) is 4.03. The Balaban J connectivity index is 2.18. The number of aromatic nitrogens is 2. The molecular weight excluding hydrogens is 230 g/mol. The Kier molecular flexibility index (Phi) is 3.32. The molecule has 0 spiro atoms. The van der Waals surface area contributed by atoms with Gasteiger partial charge in [0, 0.05) is 30.6 Å². The lowest BCUT2D eigenvalue weighted by atomic mass is 10.0. The molecule has 1 heterocycles. The van der Waals surface area contributed by atoms with E-state index in [1.807, 2.05) is 13.1 Å². The number of ketones is 1.